The number of ether oxygens (including phenoxy) is 1. The van der Waals surface area contributed by atoms with Gasteiger partial charge >= 0.3 is 12.1 Å². The van der Waals surface area contributed by atoms with Crippen molar-refractivity contribution in [1.82, 2.24) is 10.6 Å². The van der Waals surface area contributed by atoms with Crippen LogP contribution in [0.3, 0.4) is 0 Å². The first-order chi connectivity index (χ1) is 16.3. The maximum absolute atomic E-state index is 13.6. The van der Waals surface area contributed by atoms with E-state index in [4.69, 9.17) is 9.84 Å². The third-order valence-electron chi connectivity index (χ3n) is 6.49. The Labute approximate surface area is 195 Å². The molecule has 7 nitrogen and oxygen atoms in total. The van der Waals surface area contributed by atoms with Crippen LogP contribution >= 0.6 is 0 Å². The second-order valence-corrected chi connectivity index (χ2v) is 8.65. The Morgan fingerprint density at radius 2 is 1.65 bits per heavy atom. The van der Waals surface area contributed by atoms with Crippen LogP contribution < -0.4 is 10.6 Å². The Balaban J connectivity index is 1.34. The topological polar surface area (TPSA) is 105 Å². The number of carbonyl (C=O) groups excluding carboxylic acids is 2. The molecule has 1 saturated carbocycles. The van der Waals surface area contributed by atoms with Crippen LogP contribution in [0.1, 0.15) is 36.8 Å². The van der Waals surface area contributed by atoms with Crippen molar-refractivity contribution in [1.29, 1.82) is 0 Å². The molecule has 2 aliphatic rings. The van der Waals surface area contributed by atoms with Crippen molar-refractivity contribution in [2.75, 3.05) is 13.2 Å². The summed E-state index contributed by atoms with van der Waals surface area (Å²) in [4.78, 5) is 35.9. The van der Waals surface area contributed by atoms with E-state index in [0.717, 1.165) is 22.3 Å². The normalized spacial score (nSPS) is 20.6. The summed E-state index contributed by atoms with van der Waals surface area (Å²) in [6.07, 6.45) is 0.0500. The van der Waals surface area contributed by atoms with Crippen molar-refractivity contribution in [2.45, 2.75) is 37.6 Å². The smallest absolute Gasteiger partial charge is 0.407 e. The highest BCUT2D eigenvalue weighted by atomic mass is 19.3. The maximum Gasteiger partial charge on any atom is 0.407 e. The van der Waals surface area contributed by atoms with Crippen LogP contribution in [0.4, 0.5) is 13.6 Å². The number of aliphatic carboxylic acids is 1. The molecule has 0 bridgehead atoms. The molecule has 0 radical (unpaired) electrons. The standard InChI is InChI=1S/C25H26F2N2O5/c1-2-7-20(22(30)28-12-19-21(23(31)32)25(19,26)27)29-24(33)34-13-18-16-10-5-3-8-14(16)15-9-4-6-11-17(15)18/h3-6,8-11,18-21H,2,7,12-13H2,1H3,(H,28,30)(H,29,33)(H,31,32)/t19?,20-,21?/m1/s1. The summed E-state index contributed by atoms with van der Waals surface area (Å²) in [5.41, 5.74) is 4.29. The van der Waals surface area contributed by atoms with E-state index in [1.165, 1.54) is 0 Å². The molecule has 0 aliphatic heterocycles. The molecule has 2 aromatic rings. The van der Waals surface area contributed by atoms with Gasteiger partial charge < -0.3 is 20.5 Å². The quantitative estimate of drug-likeness (QED) is 0.515. The fourth-order valence-electron chi connectivity index (χ4n) is 4.65. The number of nitrogens with one attached hydrogen (secondary N) is 2. The summed E-state index contributed by atoms with van der Waals surface area (Å²) in [6.45, 7) is 1.42. The lowest BCUT2D eigenvalue weighted by Gasteiger charge is -2.19. The molecule has 0 heterocycles. The van der Waals surface area contributed by atoms with E-state index in [1.807, 2.05) is 55.5 Å². The molecular weight excluding hydrogens is 446 g/mol. The van der Waals surface area contributed by atoms with Gasteiger partial charge in [-0.1, -0.05) is 61.9 Å². The summed E-state index contributed by atoms with van der Waals surface area (Å²) < 4.78 is 32.6. The van der Waals surface area contributed by atoms with E-state index in [9.17, 15) is 23.2 Å². The number of hydrogen-bond acceptors (Lipinski definition) is 4. The zero-order valence-corrected chi connectivity index (χ0v) is 18.6. The Bertz CT molecular complexity index is 1060. The van der Waals surface area contributed by atoms with E-state index >= 15 is 0 Å². The van der Waals surface area contributed by atoms with Gasteiger partial charge in [-0.05, 0) is 28.7 Å². The van der Waals surface area contributed by atoms with Crippen LogP contribution in [-0.2, 0) is 14.3 Å². The zero-order valence-electron chi connectivity index (χ0n) is 18.6. The van der Waals surface area contributed by atoms with Gasteiger partial charge in [-0.3, -0.25) is 9.59 Å². The first-order valence-electron chi connectivity index (χ1n) is 11.3. The van der Waals surface area contributed by atoms with Crippen LogP contribution in [0.15, 0.2) is 48.5 Å². The largest absolute Gasteiger partial charge is 0.481 e. The van der Waals surface area contributed by atoms with E-state index in [2.05, 4.69) is 10.6 Å². The Morgan fingerprint density at radius 3 is 2.18 bits per heavy atom. The predicted molar refractivity (Wildman–Crippen MR) is 119 cm³/mol. The summed E-state index contributed by atoms with van der Waals surface area (Å²) in [6, 6.07) is 14.8. The van der Waals surface area contributed by atoms with E-state index in [-0.39, 0.29) is 18.9 Å². The monoisotopic (exact) mass is 472 g/mol. The molecule has 180 valence electrons. The fourth-order valence-corrected chi connectivity index (χ4v) is 4.65. The van der Waals surface area contributed by atoms with Gasteiger partial charge in [0, 0.05) is 12.5 Å². The molecule has 2 unspecified atom stereocenters. The van der Waals surface area contributed by atoms with Gasteiger partial charge in [0.05, 0.1) is 5.92 Å². The fraction of sp³-hybridized carbons (Fsp3) is 0.400. The molecule has 0 spiro atoms. The van der Waals surface area contributed by atoms with Crippen molar-refractivity contribution in [3.63, 3.8) is 0 Å². The van der Waals surface area contributed by atoms with Gasteiger partial charge in [0.1, 0.15) is 18.6 Å². The molecule has 3 atom stereocenters. The number of fused-ring (bicyclic) bond motifs is 3. The second kappa shape index (κ2) is 9.40. The molecule has 0 aromatic heterocycles. The summed E-state index contributed by atoms with van der Waals surface area (Å²) in [5, 5.41) is 13.7. The minimum Gasteiger partial charge on any atom is -0.481 e. The highest BCUT2D eigenvalue weighted by Gasteiger charge is 2.72. The van der Waals surface area contributed by atoms with Crippen LogP contribution in [0.5, 0.6) is 0 Å². The summed E-state index contributed by atoms with van der Waals surface area (Å²) >= 11 is 0. The molecule has 4 rings (SSSR count). The number of halogens is 2. The van der Waals surface area contributed by atoms with Crippen LogP contribution in [-0.4, -0.2) is 48.2 Å². The molecule has 1 fully saturated rings. The van der Waals surface area contributed by atoms with Crippen LogP contribution in [0.2, 0.25) is 0 Å². The third-order valence-corrected chi connectivity index (χ3v) is 6.49. The van der Waals surface area contributed by atoms with Crippen molar-refractivity contribution in [3.8, 4) is 11.1 Å². The minimum absolute atomic E-state index is 0.0783. The molecule has 9 heteroatoms. The van der Waals surface area contributed by atoms with Crippen molar-refractivity contribution in [2.24, 2.45) is 11.8 Å². The van der Waals surface area contributed by atoms with Crippen molar-refractivity contribution >= 4 is 18.0 Å². The number of benzene rings is 2. The van der Waals surface area contributed by atoms with E-state index in [1.54, 1.807) is 0 Å². The van der Waals surface area contributed by atoms with Crippen molar-refractivity contribution in [3.05, 3.63) is 59.7 Å². The first-order valence-corrected chi connectivity index (χ1v) is 11.3. The number of hydrogen-bond donors (Lipinski definition) is 3. The zero-order chi connectivity index (χ0) is 24.5. The van der Waals surface area contributed by atoms with E-state index in [0.29, 0.717) is 6.42 Å². The van der Waals surface area contributed by atoms with E-state index < -0.39 is 48.3 Å². The lowest BCUT2D eigenvalue weighted by atomic mass is 9.98. The number of carboxylic acids is 1. The third kappa shape index (κ3) is 4.47. The molecule has 34 heavy (non-hydrogen) atoms. The Hall–Kier alpha value is -3.49. The number of alkyl carbamates (subject to hydrolysis) is 1. The molecule has 0 saturated heterocycles. The first kappa shape index (κ1) is 23.7. The van der Waals surface area contributed by atoms with Crippen LogP contribution in [0, 0.1) is 11.8 Å². The highest BCUT2D eigenvalue weighted by molar-refractivity contribution is 5.86. The maximum atomic E-state index is 13.6. The molecule has 2 amide bonds. The molecule has 3 N–H and O–H groups in total. The SMILES string of the molecule is CCC[C@@H](NC(=O)OCC1c2ccccc2-c2ccccc21)C(=O)NCC1C(C(=O)O)C1(F)F. The number of carbonyl (C=O) groups is 3. The van der Waals surface area contributed by atoms with Gasteiger partial charge in [0.25, 0.3) is 5.92 Å². The number of rotatable bonds is 9. The predicted octanol–water partition coefficient (Wildman–Crippen LogP) is 3.78. The average Bonchev–Trinajstić information content (AvgIpc) is 3.23. The second-order valence-electron chi connectivity index (χ2n) is 8.65. The molecule has 2 aliphatic carbocycles. The highest BCUT2D eigenvalue weighted by Crippen LogP contribution is 2.54. The number of alkyl halides is 2. The molecule has 2 aromatic carbocycles. The van der Waals surface area contributed by atoms with Gasteiger partial charge in [-0.15, -0.1) is 0 Å². The number of amides is 2. The minimum atomic E-state index is -3.35. The lowest BCUT2D eigenvalue weighted by Crippen LogP contribution is -2.47. The molecular formula is C25H26F2N2O5. The number of carboxylic acid groups (broad SMARTS) is 1. The van der Waals surface area contributed by atoms with Crippen LogP contribution in [0.25, 0.3) is 11.1 Å². The lowest BCUT2D eigenvalue weighted by molar-refractivity contribution is -0.141. The summed E-state index contributed by atoms with van der Waals surface area (Å²) in [5.74, 6) is -8.98. The average molecular weight is 472 g/mol. The van der Waals surface area contributed by atoms with Gasteiger partial charge in [0.2, 0.25) is 5.91 Å². The van der Waals surface area contributed by atoms with Gasteiger partial charge in [-0.2, -0.15) is 0 Å². The Kier molecular flexibility index (Phi) is 6.54. The summed E-state index contributed by atoms with van der Waals surface area (Å²) in [7, 11) is 0. The Morgan fingerprint density at radius 1 is 1.06 bits per heavy atom. The van der Waals surface area contributed by atoms with Gasteiger partial charge in [0.15, 0.2) is 0 Å². The van der Waals surface area contributed by atoms with Gasteiger partial charge in [-0.25, -0.2) is 13.6 Å². The van der Waals surface area contributed by atoms with Crippen molar-refractivity contribution < 1.29 is 33.0 Å².